The van der Waals surface area contributed by atoms with E-state index in [1.54, 1.807) is 26.0 Å². The van der Waals surface area contributed by atoms with Crippen LogP contribution in [-0.4, -0.2) is 67.6 Å². The molecule has 0 saturated carbocycles. The summed E-state index contributed by atoms with van der Waals surface area (Å²) >= 11 is 0. The number of benzene rings is 1. The SMILES string of the molecule is CCOC(=O)c1ccc(C(=O)NCCCN2CCN(c3cccc(C)c3)CC2)nc1C. The van der Waals surface area contributed by atoms with Gasteiger partial charge in [-0.25, -0.2) is 9.78 Å². The molecule has 1 aromatic carbocycles. The molecule has 0 bridgehead atoms. The Hall–Kier alpha value is -2.93. The Balaban J connectivity index is 1.39. The van der Waals surface area contributed by atoms with E-state index in [0.717, 1.165) is 39.1 Å². The first-order chi connectivity index (χ1) is 15.0. The molecule has 166 valence electrons. The topological polar surface area (TPSA) is 74.8 Å². The highest BCUT2D eigenvalue weighted by Gasteiger charge is 2.17. The number of nitrogens with zero attached hydrogens (tertiary/aromatic N) is 3. The van der Waals surface area contributed by atoms with Crippen LogP contribution in [0.2, 0.25) is 0 Å². The number of hydrogen-bond donors (Lipinski definition) is 1. The fraction of sp³-hybridized carbons (Fsp3) is 0.458. The quantitative estimate of drug-likeness (QED) is 0.519. The first kappa shape index (κ1) is 22.7. The van der Waals surface area contributed by atoms with E-state index in [1.165, 1.54) is 11.3 Å². The summed E-state index contributed by atoms with van der Waals surface area (Å²) in [4.78, 5) is 33.4. The first-order valence-electron chi connectivity index (χ1n) is 10.9. The van der Waals surface area contributed by atoms with E-state index >= 15 is 0 Å². The molecule has 3 rings (SSSR count). The largest absolute Gasteiger partial charge is 0.462 e. The molecule has 2 heterocycles. The van der Waals surface area contributed by atoms with E-state index in [9.17, 15) is 9.59 Å². The highest BCUT2D eigenvalue weighted by molar-refractivity contribution is 5.95. The smallest absolute Gasteiger partial charge is 0.339 e. The molecule has 0 atom stereocenters. The molecule has 7 heteroatoms. The molecular formula is C24H32N4O3. The zero-order chi connectivity index (χ0) is 22.2. The lowest BCUT2D eigenvalue weighted by Gasteiger charge is -2.36. The molecule has 31 heavy (non-hydrogen) atoms. The summed E-state index contributed by atoms with van der Waals surface area (Å²) in [5, 5.41) is 2.93. The van der Waals surface area contributed by atoms with Crippen LogP contribution in [0.3, 0.4) is 0 Å². The van der Waals surface area contributed by atoms with E-state index in [4.69, 9.17) is 4.74 Å². The summed E-state index contributed by atoms with van der Waals surface area (Å²) in [5.41, 5.74) is 3.79. The fourth-order valence-corrected chi connectivity index (χ4v) is 3.76. The van der Waals surface area contributed by atoms with Gasteiger partial charge in [0.05, 0.1) is 17.9 Å². The van der Waals surface area contributed by atoms with E-state index < -0.39 is 5.97 Å². The minimum absolute atomic E-state index is 0.220. The highest BCUT2D eigenvalue weighted by atomic mass is 16.5. The van der Waals surface area contributed by atoms with Crippen molar-refractivity contribution < 1.29 is 14.3 Å². The average molecular weight is 425 g/mol. The van der Waals surface area contributed by atoms with E-state index in [1.807, 2.05) is 0 Å². The van der Waals surface area contributed by atoms with Gasteiger partial charge in [-0.15, -0.1) is 0 Å². The second-order valence-corrected chi connectivity index (χ2v) is 7.83. The van der Waals surface area contributed by atoms with Gasteiger partial charge >= 0.3 is 5.97 Å². The lowest BCUT2D eigenvalue weighted by molar-refractivity contribution is 0.0524. The van der Waals surface area contributed by atoms with Gasteiger partial charge in [-0.2, -0.15) is 0 Å². The van der Waals surface area contributed by atoms with Crippen molar-refractivity contribution in [3.63, 3.8) is 0 Å². The molecule has 0 spiro atoms. The Morgan fingerprint density at radius 3 is 2.55 bits per heavy atom. The summed E-state index contributed by atoms with van der Waals surface area (Å²) in [7, 11) is 0. The van der Waals surface area contributed by atoms with E-state index in [-0.39, 0.29) is 5.91 Å². The fourth-order valence-electron chi connectivity index (χ4n) is 3.76. The van der Waals surface area contributed by atoms with E-state index in [2.05, 4.69) is 51.3 Å². The van der Waals surface area contributed by atoms with Gasteiger partial charge in [0.2, 0.25) is 0 Å². The second-order valence-electron chi connectivity index (χ2n) is 7.83. The van der Waals surface area contributed by atoms with Crippen molar-refractivity contribution in [2.24, 2.45) is 0 Å². The lowest BCUT2D eigenvalue weighted by Crippen LogP contribution is -2.47. The Kier molecular flexibility index (Phi) is 8.00. The van der Waals surface area contributed by atoms with Crippen LogP contribution in [0.15, 0.2) is 36.4 Å². The van der Waals surface area contributed by atoms with Gasteiger partial charge in [0.25, 0.3) is 5.91 Å². The number of anilines is 1. The van der Waals surface area contributed by atoms with Crippen LogP contribution in [0, 0.1) is 13.8 Å². The molecule has 0 radical (unpaired) electrons. The van der Waals surface area contributed by atoms with Gasteiger partial charge in [-0.3, -0.25) is 9.69 Å². The molecule has 1 fully saturated rings. The molecule has 2 aromatic rings. The predicted molar refractivity (Wildman–Crippen MR) is 122 cm³/mol. The normalized spacial score (nSPS) is 14.4. The Morgan fingerprint density at radius 2 is 1.87 bits per heavy atom. The summed E-state index contributed by atoms with van der Waals surface area (Å²) in [5.74, 6) is -0.635. The zero-order valence-corrected chi connectivity index (χ0v) is 18.7. The van der Waals surface area contributed by atoms with Crippen molar-refractivity contribution in [1.29, 1.82) is 0 Å². The van der Waals surface area contributed by atoms with Crippen LogP contribution < -0.4 is 10.2 Å². The van der Waals surface area contributed by atoms with Crippen molar-refractivity contribution in [2.75, 3.05) is 50.8 Å². The highest BCUT2D eigenvalue weighted by Crippen LogP contribution is 2.17. The van der Waals surface area contributed by atoms with Crippen molar-refractivity contribution in [2.45, 2.75) is 27.2 Å². The molecule has 1 saturated heterocycles. The molecule has 0 aliphatic carbocycles. The molecular weight excluding hydrogens is 392 g/mol. The number of piperazine rings is 1. The number of pyridine rings is 1. The molecule has 7 nitrogen and oxygen atoms in total. The predicted octanol–water partition coefficient (Wildman–Crippen LogP) is 2.82. The third-order valence-electron chi connectivity index (χ3n) is 5.49. The third kappa shape index (κ3) is 6.28. The number of carbonyl (C=O) groups is 2. The zero-order valence-electron chi connectivity index (χ0n) is 18.7. The first-order valence-corrected chi connectivity index (χ1v) is 10.9. The molecule has 0 unspecified atom stereocenters. The number of carbonyl (C=O) groups excluding carboxylic acids is 2. The number of ether oxygens (including phenoxy) is 1. The number of aryl methyl sites for hydroxylation is 2. The molecule has 1 aliphatic rings. The number of esters is 1. The van der Waals surface area contributed by atoms with Crippen LogP contribution in [0.5, 0.6) is 0 Å². The summed E-state index contributed by atoms with van der Waals surface area (Å²) in [6, 6.07) is 11.8. The van der Waals surface area contributed by atoms with Crippen molar-refractivity contribution in [3.8, 4) is 0 Å². The molecule has 1 aliphatic heterocycles. The molecule has 1 N–H and O–H groups in total. The Morgan fingerprint density at radius 1 is 1.10 bits per heavy atom. The Bertz CT molecular complexity index is 907. The maximum absolute atomic E-state index is 12.4. The number of nitrogens with one attached hydrogen (secondary N) is 1. The summed E-state index contributed by atoms with van der Waals surface area (Å²) in [6.45, 7) is 11.5. The van der Waals surface area contributed by atoms with Crippen molar-refractivity contribution in [1.82, 2.24) is 15.2 Å². The van der Waals surface area contributed by atoms with E-state index in [0.29, 0.717) is 30.1 Å². The van der Waals surface area contributed by atoms with Gasteiger partial charge in [0.15, 0.2) is 0 Å². The minimum atomic E-state index is -0.415. The van der Waals surface area contributed by atoms with Gasteiger partial charge in [0, 0.05) is 38.4 Å². The van der Waals surface area contributed by atoms with Gasteiger partial charge in [0.1, 0.15) is 5.69 Å². The maximum atomic E-state index is 12.4. The monoisotopic (exact) mass is 424 g/mol. The maximum Gasteiger partial charge on any atom is 0.339 e. The van der Waals surface area contributed by atoms with Crippen molar-refractivity contribution >= 4 is 17.6 Å². The number of rotatable bonds is 8. The summed E-state index contributed by atoms with van der Waals surface area (Å²) < 4.78 is 5.00. The van der Waals surface area contributed by atoms with Crippen LogP contribution in [-0.2, 0) is 4.74 Å². The standard InChI is InChI=1S/C24H32N4O3/c1-4-31-24(30)21-9-10-22(26-19(21)3)23(29)25-11-6-12-27-13-15-28(16-14-27)20-8-5-7-18(2)17-20/h5,7-10,17H,4,6,11-16H2,1-3H3,(H,25,29). The van der Waals surface area contributed by atoms with Crippen LogP contribution >= 0.6 is 0 Å². The average Bonchev–Trinajstić information content (AvgIpc) is 2.77. The number of hydrogen-bond acceptors (Lipinski definition) is 6. The minimum Gasteiger partial charge on any atom is -0.462 e. The van der Waals surface area contributed by atoms with Gasteiger partial charge in [-0.05, 0) is 63.6 Å². The number of aromatic nitrogens is 1. The van der Waals surface area contributed by atoms with Crippen LogP contribution in [0.4, 0.5) is 5.69 Å². The second kappa shape index (κ2) is 10.9. The third-order valence-corrected chi connectivity index (χ3v) is 5.49. The van der Waals surface area contributed by atoms with Crippen LogP contribution in [0.25, 0.3) is 0 Å². The van der Waals surface area contributed by atoms with Crippen molar-refractivity contribution in [3.05, 3.63) is 58.9 Å². The molecule has 1 aromatic heterocycles. The summed E-state index contributed by atoms with van der Waals surface area (Å²) in [6.07, 6.45) is 0.885. The van der Waals surface area contributed by atoms with Gasteiger partial charge in [-0.1, -0.05) is 12.1 Å². The number of amides is 1. The lowest BCUT2D eigenvalue weighted by atomic mass is 10.2. The molecule has 1 amide bonds. The van der Waals surface area contributed by atoms with Crippen LogP contribution in [0.1, 0.15) is 45.4 Å². The Labute approximate surface area is 184 Å². The van der Waals surface area contributed by atoms with Gasteiger partial charge < -0.3 is 15.0 Å².